The first-order valence-corrected chi connectivity index (χ1v) is 9.76. The quantitative estimate of drug-likeness (QED) is 0.480. The minimum atomic E-state index is -0.877. The maximum absolute atomic E-state index is 12.9. The summed E-state index contributed by atoms with van der Waals surface area (Å²) in [6.07, 6.45) is 3.21. The molecule has 3 aromatic heterocycles. The van der Waals surface area contributed by atoms with Crippen LogP contribution in [0.3, 0.4) is 0 Å². The Hall–Kier alpha value is -4.40. The Bertz CT molecular complexity index is 1300. The number of carbonyl (C=O) groups is 1. The van der Waals surface area contributed by atoms with Gasteiger partial charge in [-0.1, -0.05) is 18.2 Å². The zero-order valence-corrected chi connectivity index (χ0v) is 17.4. The van der Waals surface area contributed by atoms with E-state index in [-0.39, 0.29) is 17.1 Å². The van der Waals surface area contributed by atoms with E-state index < -0.39 is 17.4 Å². The summed E-state index contributed by atoms with van der Waals surface area (Å²) in [4.78, 5) is 36.8. The minimum Gasteiger partial charge on any atom is -0.497 e. The Morgan fingerprint density at radius 2 is 1.84 bits per heavy atom. The monoisotopic (exact) mass is 428 g/mol. The van der Waals surface area contributed by atoms with Crippen LogP contribution >= 0.6 is 0 Å². The molecule has 1 atom stereocenters. The molecule has 9 nitrogen and oxygen atoms in total. The van der Waals surface area contributed by atoms with Crippen LogP contribution in [0.25, 0.3) is 11.5 Å². The number of pyridine rings is 1. The van der Waals surface area contributed by atoms with Crippen molar-refractivity contribution in [1.29, 1.82) is 0 Å². The molecule has 0 saturated heterocycles. The molecule has 1 amide bonds. The van der Waals surface area contributed by atoms with Gasteiger partial charge in [0, 0.05) is 18.1 Å². The van der Waals surface area contributed by atoms with Crippen molar-refractivity contribution in [2.45, 2.75) is 12.8 Å². The average Bonchev–Trinajstić information content (AvgIpc) is 2.81. The van der Waals surface area contributed by atoms with E-state index >= 15 is 0 Å². The number of nitrogens with zero attached hydrogens (tertiary/aromatic N) is 4. The van der Waals surface area contributed by atoms with Crippen molar-refractivity contribution in [3.63, 3.8) is 0 Å². The van der Waals surface area contributed by atoms with Gasteiger partial charge in [-0.25, -0.2) is 4.98 Å². The summed E-state index contributed by atoms with van der Waals surface area (Å²) < 4.78 is 5.26. The topological polar surface area (TPSA) is 137 Å². The second kappa shape index (κ2) is 8.76. The van der Waals surface area contributed by atoms with Crippen LogP contribution in [0.15, 0.2) is 65.7 Å². The molecule has 0 spiro atoms. The molecule has 32 heavy (non-hydrogen) atoms. The fourth-order valence-corrected chi connectivity index (χ4v) is 3.44. The number of nitrogens with one attached hydrogen (secondary N) is 1. The van der Waals surface area contributed by atoms with E-state index in [1.165, 1.54) is 6.20 Å². The molecule has 9 heteroatoms. The molecule has 4 aromatic rings. The largest absolute Gasteiger partial charge is 0.497 e. The van der Waals surface area contributed by atoms with Crippen LogP contribution in [0.2, 0.25) is 0 Å². The lowest BCUT2D eigenvalue weighted by Gasteiger charge is -2.20. The predicted molar refractivity (Wildman–Crippen MR) is 117 cm³/mol. The highest BCUT2D eigenvalue weighted by Gasteiger charge is 2.27. The summed E-state index contributed by atoms with van der Waals surface area (Å²) in [6, 6.07) is 14.4. The molecule has 3 N–H and O–H groups in total. The lowest BCUT2D eigenvalue weighted by Crippen LogP contribution is -2.29. The Balaban J connectivity index is 2.00. The van der Waals surface area contributed by atoms with E-state index in [1.807, 2.05) is 31.2 Å². The number of rotatable bonds is 6. The maximum atomic E-state index is 12.9. The maximum Gasteiger partial charge on any atom is 0.264 e. The zero-order chi connectivity index (χ0) is 22.7. The normalized spacial score (nSPS) is 11.7. The summed E-state index contributed by atoms with van der Waals surface area (Å²) in [5.41, 5.74) is 7.65. The molecule has 0 aliphatic heterocycles. The predicted octanol–water partition coefficient (Wildman–Crippen LogP) is 2.22. The summed E-state index contributed by atoms with van der Waals surface area (Å²) in [7, 11) is 1.58. The van der Waals surface area contributed by atoms with Gasteiger partial charge in [0.1, 0.15) is 17.0 Å². The minimum absolute atomic E-state index is 0.182. The Kier molecular flexibility index (Phi) is 5.71. The number of hydrogen-bond acceptors (Lipinski definition) is 7. The van der Waals surface area contributed by atoms with Crippen molar-refractivity contribution in [1.82, 2.24) is 25.1 Å². The van der Waals surface area contributed by atoms with Gasteiger partial charge in [-0.3, -0.25) is 14.6 Å². The molecule has 0 bridgehead atoms. The molecule has 0 radical (unpaired) electrons. The molecule has 0 fully saturated rings. The van der Waals surface area contributed by atoms with Crippen LogP contribution < -0.4 is 16.0 Å². The number of carbonyl (C=O) groups excluding carboxylic acids is 1. The highest BCUT2D eigenvalue weighted by molar-refractivity contribution is 5.94. The van der Waals surface area contributed by atoms with Gasteiger partial charge in [-0.05, 0) is 48.4 Å². The van der Waals surface area contributed by atoms with Gasteiger partial charge in [-0.2, -0.15) is 5.10 Å². The average molecular weight is 428 g/mol. The number of hydrogen-bond donors (Lipinski definition) is 2. The fraction of sp³-hybridized carbons (Fsp3) is 0.130. The molecular weight excluding hydrogens is 408 g/mol. The number of aromatic nitrogens is 5. The standard InChI is InChI=1S/C23H20N6O3/c1-13-5-6-15(12-25-13)18(14-7-9-16(32-2)10-8-14)20-19(21(24)30)23(31)28-22(27-20)17-4-3-11-26-29-17/h3-12,18H,1-2H3,(H2,24,30)(H,27,28,31). The first-order chi connectivity index (χ1) is 15.5. The summed E-state index contributed by atoms with van der Waals surface area (Å²) in [5.74, 6) is -0.613. The third-order valence-electron chi connectivity index (χ3n) is 5.00. The van der Waals surface area contributed by atoms with Gasteiger partial charge >= 0.3 is 0 Å². The van der Waals surface area contributed by atoms with E-state index in [1.54, 1.807) is 37.6 Å². The van der Waals surface area contributed by atoms with Crippen LogP contribution in [0, 0.1) is 6.92 Å². The molecule has 1 unspecified atom stereocenters. The van der Waals surface area contributed by atoms with Crippen LogP contribution in [0.5, 0.6) is 5.75 Å². The van der Waals surface area contributed by atoms with Gasteiger partial charge in [-0.15, -0.1) is 5.10 Å². The first-order valence-electron chi connectivity index (χ1n) is 9.76. The van der Waals surface area contributed by atoms with E-state index in [4.69, 9.17) is 10.5 Å². The molecule has 1 aromatic carbocycles. The highest BCUT2D eigenvalue weighted by atomic mass is 16.5. The summed E-state index contributed by atoms with van der Waals surface area (Å²) >= 11 is 0. The van der Waals surface area contributed by atoms with Crippen molar-refractivity contribution in [2.75, 3.05) is 7.11 Å². The number of nitrogens with two attached hydrogens (primary N) is 1. The number of benzene rings is 1. The molecule has 4 rings (SSSR count). The Morgan fingerprint density at radius 1 is 1.09 bits per heavy atom. The number of ether oxygens (including phenoxy) is 1. The van der Waals surface area contributed by atoms with Crippen molar-refractivity contribution < 1.29 is 9.53 Å². The van der Waals surface area contributed by atoms with E-state index in [0.29, 0.717) is 11.4 Å². The smallest absolute Gasteiger partial charge is 0.264 e. The van der Waals surface area contributed by atoms with Crippen LogP contribution in [0.4, 0.5) is 0 Å². The molecule has 160 valence electrons. The second-order valence-corrected chi connectivity index (χ2v) is 7.09. The molecular formula is C23H20N6O3. The third kappa shape index (κ3) is 4.08. The lowest BCUT2D eigenvalue weighted by molar-refractivity contribution is 0.0997. The van der Waals surface area contributed by atoms with Crippen molar-refractivity contribution in [3.05, 3.63) is 99.4 Å². The van der Waals surface area contributed by atoms with Gasteiger partial charge < -0.3 is 15.5 Å². The molecule has 0 aliphatic rings. The zero-order valence-electron chi connectivity index (χ0n) is 17.4. The molecule has 0 aliphatic carbocycles. The summed E-state index contributed by atoms with van der Waals surface area (Å²) in [5, 5.41) is 7.86. The first kappa shape index (κ1) is 20.9. The van der Waals surface area contributed by atoms with Gasteiger partial charge in [0.15, 0.2) is 5.82 Å². The molecule has 0 saturated carbocycles. The van der Waals surface area contributed by atoms with Crippen molar-refractivity contribution in [3.8, 4) is 17.3 Å². The van der Waals surface area contributed by atoms with Gasteiger partial charge in [0.2, 0.25) is 0 Å². The Labute approximate surface area is 183 Å². The fourth-order valence-electron chi connectivity index (χ4n) is 3.44. The van der Waals surface area contributed by atoms with E-state index in [9.17, 15) is 9.59 Å². The van der Waals surface area contributed by atoms with E-state index in [2.05, 4.69) is 25.1 Å². The van der Waals surface area contributed by atoms with Gasteiger partial charge in [0.25, 0.3) is 11.5 Å². The van der Waals surface area contributed by atoms with Gasteiger partial charge in [0.05, 0.1) is 18.7 Å². The SMILES string of the molecule is COc1ccc(C(c2ccc(C)nc2)c2nc(-c3cccnn3)[nH]c(=O)c2C(N)=O)cc1. The number of amides is 1. The van der Waals surface area contributed by atoms with E-state index in [0.717, 1.165) is 16.8 Å². The van der Waals surface area contributed by atoms with Crippen LogP contribution in [-0.2, 0) is 0 Å². The highest BCUT2D eigenvalue weighted by Crippen LogP contribution is 2.33. The molecule has 3 heterocycles. The van der Waals surface area contributed by atoms with Crippen molar-refractivity contribution in [2.24, 2.45) is 5.73 Å². The van der Waals surface area contributed by atoms with Crippen LogP contribution in [0.1, 0.15) is 38.8 Å². The van der Waals surface area contributed by atoms with Crippen molar-refractivity contribution >= 4 is 5.91 Å². The number of aromatic amines is 1. The number of aryl methyl sites for hydroxylation is 1. The number of primary amides is 1. The number of H-pyrrole nitrogens is 1. The van der Waals surface area contributed by atoms with Crippen LogP contribution in [-0.4, -0.2) is 38.2 Å². The third-order valence-corrected chi connectivity index (χ3v) is 5.00. The Morgan fingerprint density at radius 3 is 2.44 bits per heavy atom. The second-order valence-electron chi connectivity index (χ2n) is 7.09. The summed E-state index contributed by atoms with van der Waals surface area (Å²) in [6.45, 7) is 1.87. The number of methoxy groups -OCH3 is 1. The lowest BCUT2D eigenvalue weighted by atomic mass is 9.86.